The number of benzene rings is 2. The lowest BCUT2D eigenvalue weighted by molar-refractivity contribution is -0.122. The molecule has 172 valence electrons. The van der Waals surface area contributed by atoms with E-state index >= 15 is 0 Å². The van der Waals surface area contributed by atoms with E-state index in [1.165, 1.54) is 0 Å². The van der Waals surface area contributed by atoms with Gasteiger partial charge in [0.1, 0.15) is 6.04 Å². The first kappa shape index (κ1) is 24.2. The van der Waals surface area contributed by atoms with Crippen molar-refractivity contribution in [2.75, 3.05) is 25.6 Å². The van der Waals surface area contributed by atoms with Crippen molar-refractivity contribution in [2.45, 2.75) is 39.2 Å². The fraction of sp³-hybridized carbons (Fsp3) is 0.417. The molecule has 1 heterocycles. The van der Waals surface area contributed by atoms with Crippen LogP contribution >= 0.6 is 23.2 Å². The van der Waals surface area contributed by atoms with Gasteiger partial charge in [-0.3, -0.25) is 9.80 Å². The summed E-state index contributed by atoms with van der Waals surface area (Å²) < 4.78 is 11.2. The van der Waals surface area contributed by atoms with Gasteiger partial charge >= 0.3 is 0 Å². The Balaban J connectivity index is 1.74. The third-order valence-corrected chi connectivity index (χ3v) is 5.77. The predicted octanol–water partition coefficient (Wildman–Crippen LogP) is 5.86. The van der Waals surface area contributed by atoms with Gasteiger partial charge in [-0.25, -0.2) is 0 Å². The van der Waals surface area contributed by atoms with E-state index in [1.54, 1.807) is 54.7 Å². The maximum atomic E-state index is 13.1. The van der Waals surface area contributed by atoms with E-state index < -0.39 is 0 Å². The van der Waals surface area contributed by atoms with Gasteiger partial charge in [0.25, 0.3) is 0 Å². The third-order valence-electron chi connectivity index (χ3n) is 5.12. The minimum Gasteiger partial charge on any atom is -0.493 e. The number of hydrazone groups is 1. The highest BCUT2D eigenvalue weighted by atomic mass is 35.5. The highest BCUT2D eigenvalue weighted by Crippen LogP contribution is 2.31. The molecule has 0 radical (unpaired) electrons. The van der Waals surface area contributed by atoms with Crippen LogP contribution in [0, 0.1) is 5.92 Å². The van der Waals surface area contributed by atoms with Crippen LogP contribution in [0.5, 0.6) is 11.5 Å². The van der Waals surface area contributed by atoms with Crippen LogP contribution < -0.4 is 14.8 Å². The lowest BCUT2D eigenvalue weighted by Crippen LogP contribution is -2.44. The Morgan fingerprint density at radius 1 is 1.22 bits per heavy atom. The van der Waals surface area contributed by atoms with Crippen molar-refractivity contribution in [3.8, 4) is 11.5 Å². The number of amides is 1. The summed E-state index contributed by atoms with van der Waals surface area (Å²) in [5.74, 6) is 1.49. The molecule has 1 amide bonds. The molecule has 0 saturated carbocycles. The van der Waals surface area contributed by atoms with Gasteiger partial charge in [0.15, 0.2) is 11.5 Å². The number of nitrogens with zero attached hydrogens (tertiary/aromatic N) is 2. The number of hydrogen-bond donors (Lipinski definition) is 1. The Bertz CT molecular complexity index is 945. The predicted molar refractivity (Wildman–Crippen MR) is 130 cm³/mol. The number of anilines is 1. The standard InChI is InChI=1S/C24H29Cl2N3O3/c1-16(2)15-32-23-13-17(10-11-22(23)31-3)28-24(30)21-9-4-5-12-29(21)27-14-18-19(25)7-6-8-20(18)26/h6-8,10-11,13-14,16,21H,4-5,9,12,15H2,1-3H3,(H,28,30)/b27-14+. The van der Waals surface area contributed by atoms with Crippen LogP contribution in [0.2, 0.25) is 10.0 Å². The van der Waals surface area contributed by atoms with Crippen LogP contribution in [0.3, 0.4) is 0 Å². The van der Waals surface area contributed by atoms with Gasteiger partial charge in [0.05, 0.1) is 30.0 Å². The number of ether oxygens (including phenoxy) is 2. The van der Waals surface area contributed by atoms with E-state index in [-0.39, 0.29) is 11.9 Å². The minimum absolute atomic E-state index is 0.118. The van der Waals surface area contributed by atoms with Crippen LogP contribution in [0.15, 0.2) is 41.5 Å². The summed E-state index contributed by atoms with van der Waals surface area (Å²) in [6, 6.07) is 10.3. The van der Waals surface area contributed by atoms with Crippen molar-refractivity contribution in [1.82, 2.24) is 5.01 Å². The molecule has 2 aromatic rings. The number of nitrogens with one attached hydrogen (secondary N) is 1. The minimum atomic E-state index is -0.386. The fourth-order valence-corrected chi connectivity index (χ4v) is 3.93. The Morgan fingerprint density at radius 2 is 1.97 bits per heavy atom. The van der Waals surface area contributed by atoms with Crippen molar-refractivity contribution in [1.29, 1.82) is 0 Å². The van der Waals surface area contributed by atoms with Crippen LogP contribution in [-0.4, -0.2) is 43.4 Å². The maximum Gasteiger partial charge on any atom is 0.248 e. The first-order valence-electron chi connectivity index (χ1n) is 10.8. The second-order valence-corrected chi connectivity index (χ2v) is 8.93. The number of methoxy groups -OCH3 is 1. The average molecular weight is 478 g/mol. The second kappa shape index (κ2) is 11.4. The molecule has 0 spiro atoms. The Hall–Kier alpha value is -2.44. The van der Waals surface area contributed by atoms with Gasteiger partial charge in [-0.15, -0.1) is 0 Å². The van der Waals surface area contributed by atoms with E-state index in [9.17, 15) is 4.79 Å². The molecule has 0 aliphatic carbocycles. The number of halogens is 2. The molecule has 1 atom stereocenters. The molecule has 1 fully saturated rings. The Kier molecular flexibility index (Phi) is 8.65. The highest BCUT2D eigenvalue weighted by Gasteiger charge is 2.28. The summed E-state index contributed by atoms with van der Waals surface area (Å²) in [5.41, 5.74) is 1.29. The van der Waals surface area contributed by atoms with Gasteiger partial charge in [-0.2, -0.15) is 5.10 Å². The smallest absolute Gasteiger partial charge is 0.248 e. The van der Waals surface area contributed by atoms with Crippen molar-refractivity contribution < 1.29 is 14.3 Å². The molecule has 6 nitrogen and oxygen atoms in total. The summed E-state index contributed by atoms with van der Waals surface area (Å²) in [6.45, 7) is 5.39. The van der Waals surface area contributed by atoms with Crippen LogP contribution in [-0.2, 0) is 4.79 Å². The van der Waals surface area contributed by atoms with Gasteiger partial charge in [0, 0.05) is 23.9 Å². The average Bonchev–Trinajstić information content (AvgIpc) is 2.77. The van der Waals surface area contributed by atoms with Gasteiger partial charge in [0.2, 0.25) is 5.91 Å². The van der Waals surface area contributed by atoms with E-state index in [4.69, 9.17) is 32.7 Å². The lowest BCUT2D eigenvalue weighted by Gasteiger charge is -2.32. The molecule has 8 heteroatoms. The van der Waals surface area contributed by atoms with Crippen molar-refractivity contribution in [3.63, 3.8) is 0 Å². The van der Waals surface area contributed by atoms with Gasteiger partial charge in [-0.05, 0) is 49.4 Å². The topological polar surface area (TPSA) is 63.2 Å². The molecular weight excluding hydrogens is 449 g/mol. The molecule has 1 N–H and O–H groups in total. The second-order valence-electron chi connectivity index (χ2n) is 8.11. The zero-order chi connectivity index (χ0) is 23.1. The van der Waals surface area contributed by atoms with Gasteiger partial charge < -0.3 is 14.8 Å². The van der Waals surface area contributed by atoms with Gasteiger partial charge in [-0.1, -0.05) is 43.1 Å². The van der Waals surface area contributed by atoms with Crippen molar-refractivity contribution in [2.24, 2.45) is 11.0 Å². The largest absolute Gasteiger partial charge is 0.493 e. The molecule has 3 rings (SSSR count). The summed E-state index contributed by atoms with van der Waals surface area (Å²) in [6.07, 6.45) is 4.27. The van der Waals surface area contributed by atoms with Crippen molar-refractivity contribution >= 4 is 41.0 Å². The molecule has 2 aromatic carbocycles. The third kappa shape index (κ3) is 6.30. The first-order valence-corrected chi connectivity index (χ1v) is 11.5. The molecule has 1 aliphatic heterocycles. The molecule has 0 bridgehead atoms. The lowest BCUT2D eigenvalue weighted by atomic mass is 10.0. The fourth-order valence-electron chi connectivity index (χ4n) is 3.44. The van der Waals surface area contributed by atoms with E-state index in [0.29, 0.717) is 58.3 Å². The number of carbonyl (C=O) groups is 1. The maximum absolute atomic E-state index is 13.1. The number of rotatable bonds is 8. The molecular formula is C24H29Cl2N3O3. The normalized spacial score (nSPS) is 16.4. The van der Waals surface area contributed by atoms with E-state index in [1.807, 2.05) is 0 Å². The van der Waals surface area contributed by atoms with Crippen LogP contribution in [0.4, 0.5) is 5.69 Å². The number of piperidine rings is 1. The van der Waals surface area contributed by atoms with E-state index in [2.05, 4.69) is 24.3 Å². The van der Waals surface area contributed by atoms with Crippen LogP contribution in [0.1, 0.15) is 38.7 Å². The zero-order valence-electron chi connectivity index (χ0n) is 18.6. The zero-order valence-corrected chi connectivity index (χ0v) is 20.1. The molecule has 32 heavy (non-hydrogen) atoms. The SMILES string of the molecule is COc1ccc(NC(=O)C2CCCCN2/N=C/c2c(Cl)cccc2Cl)cc1OCC(C)C. The van der Waals surface area contributed by atoms with E-state index in [0.717, 1.165) is 12.8 Å². The Labute approximate surface area is 199 Å². The summed E-state index contributed by atoms with van der Waals surface area (Å²) in [5, 5.41) is 10.4. The molecule has 0 aromatic heterocycles. The monoisotopic (exact) mass is 477 g/mol. The number of carbonyl (C=O) groups excluding carboxylic acids is 1. The number of hydrogen-bond acceptors (Lipinski definition) is 5. The molecule has 1 aliphatic rings. The van der Waals surface area contributed by atoms with Crippen molar-refractivity contribution in [3.05, 3.63) is 52.0 Å². The molecule has 1 saturated heterocycles. The first-order chi connectivity index (χ1) is 15.4. The quantitative estimate of drug-likeness (QED) is 0.483. The highest BCUT2D eigenvalue weighted by molar-refractivity contribution is 6.38. The summed E-state index contributed by atoms with van der Waals surface area (Å²) >= 11 is 12.5. The summed E-state index contributed by atoms with van der Waals surface area (Å²) in [4.78, 5) is 13.1. The summed E-state index contributed by atoms with van der Waals surface area (Å²) in [7, 11) is 1.60. The molecule has 1 unspecified atom stereocenters. The Morgan fingerprint density at radius 3 is 2.66 bits per heavy atom. The van der Waals surface area contributed by atoms with Crippen LogP contribution in [0.25, 0.3) is 0 Å².